The third-order valence-corrected chi connectivity index (χ3v) is 5.03. The van der Waals surface area contributed by atoms with E-state index in [1.807, 2.05) is 37.3 Å². The molecule has 1 fully saturated rings. The number of hydrogen-bond acceptors (Lipinski definition) is 3. The highest BCUT2D eigenvalue weighted by Gasteiger charge is 2.27. The van der Waals surface area contributed by atoms with Crippen LogP contribution in [0.4, 0.5) is 0 Å². The molecule has 1 heterocycles. The van der Waals surface area contributed by atoms with E-state index in [0.29, 0.717) is 18.3 Å². The summed E-state index contributed by atoms with van der Waals surface area (Å²) in [5.41, 5.74) is 6.39. The Balaban J connectivity index is 2.05. The summed E-state index contributed by atoms with van der Waals surface area (Å²) in [6.07, 6.45) is 2.77. The van der Waals surface area contributed by atoms with E-state index in [4.69, 9.17) is 5.73 Å². The number of benzene rings is 1. The Morgan fingerprint density at radius 1 is 1.29 bits per heavy atom. The Morgan fingerprint density at radius 2 is 2.00 bits per heavy atom. The molecule has 1 aromatic rings. The fourth-order valence-electron chi connectivity index (χ4n) is 3.44. The molecule has 0 radical (unpaired) electrons. The number of piperidine rings is 1. The van der Waals surface area contributed by atoms with Crippen molar-refractivity contribution < 1.29 is 9.59 Å². The highest BCUT2D eigenvalue weighted by molar-refractivity contribution is 5.84. The highest BCUT2D eigenvalue weighted by Crippen LogP contribution is 2.26. The second-order valence-electron chi connectivity index (χ2n) is 6.86. The van der Waals surface area contributed by atoms with E-state index >= 15 is 0 Å². The molecule has 3 N–H and O–H groups in total. The number of nitrogens with one attached hydrogen (secondary N) is 1. The second kappa shape index (κ2) is 8.83. The molecule has 0 aliphatic carbocycles. The fraction of sp³-hybridized carbons (Fsp3) is 0.579. The Labute approximate surface area is 144 Å². The molecule has 0 saturated carbocycles. The zero-order chi connectivity index (χ0) is 17.5. The van der Waals surface area contributed by atoms with Gasteiger partial charge in [0.15, 0.2) is 0 Å². The topological polar surface area (TPSA) is 75.4 Å². The first-order valence-electron chi connectivity index (χ1n) is 8.82. The van der Waals surface area contributed by atoms with E-state index in [-0.39, 0.29) is 18.5 Å². The molecule has 2 rings (SSSR count). The highest BCUT2D eigenvalue weighted by atomic mass is 16.2. The maximum absolute atomic E-state index is 12.8. The first kappa shape index (κ1) is 18.5. The van der Waals surface area contributed by atoms with Crippen molar-refractivity contribution in [2.24, 2.45) is 17.6 Å². The van der Waals surface area contributed by atoms with Gasteiger partial charge in [-0.3, -0.25) is 9.59 Å². The summed E-state index contributed by atoms with van der Waals surface area (Å²) >= 11 is 0. The van der Waals surface area contributed by atoms with Crippen LogP contribution in [0.3, 0.4) is 0 Å². The Hall–Kier alpha value is -1.88. The van der Waals surface area contributed by atoms with E-state index in [0.717, 1.165) is 31.5 Å². The lowest BCUT2D eigenvalue weighted by atomic mass is 9.85. The number of rotatable bonds is 7. The van der Waals surface area contributed by atoms with Crippen LogP contribution in [0.25, 0.3) is 0 Å². The summed E-state index contributed by atoms with van der Waals surface area (Å²) in [7, 11) is 0. The molecule has 132 valence electrons. The van der Waals surface area contributed by atoms with Gasteiger partial charge in [-0.25, -0.2) is 0 Å². The molecule has 1 saturated heterocycles. The van der Waals surface area contributed by atoms with Crippen LogP contribution in [0.15, 0.2) is 30.3 Å². The van der Waals surface area contributed by atoms with Gasteiger partial charge in [-0.1, -0.05) is 37.3 Å². The molecule has 1 aliphatic rings. The van der Waals surface area contributed by atoms with Crippen molar-refractivity contribution in [2.75, 3.05) is 19.6 Å². The smallest absolute Gasteiger partial charge is 0.237 e. The second-order valence-corrected chi connectivity index (χ2v) is 6.86. The summed E-state index contributed by atoms with van der Waals surface area (Å²) in [4.78, 5) is 25.9. The van der Waals surface area contributed by atoms with E-state index in [1.165, 1.54) is 0 Å². The summed E-state index contributed by atoms with van der Waals surface area (Å²) in [6.45, 7) is 6.08. The molecular weight excluding hydrogens is 302 g/mol. The molecule has 1 aromatic carbocycles. The fourth-order valence-corrected chi connectivity index (χ4v) is 3.44. The van der Waals surface area contributed by atoms with Gasteiger partial charge in [0.1, 0.15) is 0 Å². The van der Waals surface area contributed by atoms with E-state index in [2.05, 4.69) is 12.2 Å². The number of primary amides is 1. The van der Waals surface area contributed by atoms with E-state index in [9.17, 15) is 9.59 Å². The monoisotopic (exact) mass is 331 g/mol. The van der Waals surface area contributed by atoms with E-state index < -0.39 is 5.91 Å². The van der Waals surface area contributed by atoms with Gasteiger partial charge in [0.25, 0.3) is 0 Å². The standard InChI is InChI=1S/C19H29N3O2/c1-14(17-9-6-10-21-12-17)11-19(24)22(13-18(20)23)15(2)16-7-4-3-5-8-16/h3-5,7-8,14-15,17,21H,6,9-13H2,1-2H3,(H2,20,23)/t14?,15-,17?/m1/s1. The van der Waals surface area contributed by atoms with Crippen molar-refractivity contribution >= 4 is 11.8 Å². The summed E-state index contributed by atoms with van der Waals surface area (Å²) < 4.78 is 0. The van der Waals surface area contributed by atoms with Crippen LogP contribution in [-0.2, 0) is 9.59 Å². The van der Waals surface area contributed by atoms with Crippen molar-refractivity contribution in [3.05, 3.63) is 35.9 Å². The van der Waals surface area contributed by atoms with Gasteiger partial charge < -0.3 is 16.0 Å². The minimum Gasteiger partial charge on any atom is -0.368 e. The number of hydrogen-bond donors (Lipinski definition) is 2. The van der Waals surface area contributed by atoms with Crippen LogP contribution in [0.1, 0.15) is 44.7 Å². The third kappa shape index (κ3) is 5.06. The van der Waals surface area contributed by atoms with Crippen LogP contribution >= 0.6 is 0 Å². The molecule has 2 amide bonds. The van der Waals surface area contributed by atoms with Crippen molar-refractivity contribution in [3.63, 3.8) is 0 Å². The number of nitrogens with two attached hydrogens (primary N) is 1. The van der Waals surface area contributed by atoms with Gasteiger partial charge in [0.05, 0.1) is 12.6 Å². The van der Waals surface area contributed by atoms with Gasteiger partial charge in [0.2, 0.25) is 11.8 Å². The van der Waals surface area contributed by atoms with Crippen molar-refractivity contribution in [3.8, 4) is 0 Å². The molecule has 5 nitrogen and oxygen atoms in total. The SMILES string of the molecule is CC(CC(=O)N(CC(N)=O)[C@H](C)c1ccccc1)C1CCCNC1. The molecule has 0 spiro atoms. The van der Waals surface area contributed by atoms with Crippen LogP contribution in [0, 0.1) is 11.8 Å². The van der Waals surface area contributed by atoms with Crippen LogP contribution in [0.5, 0.6) is 0 Å². The van der Waals surface area contributed by atoms with Crippen LogP contribution in [-0.4, -0.2) is 36.3 Å². The van der Waals surface area contributed by atoms with E-state index in [1.54, 1.807) is 4.90 Å². The molecule has 3 atom stereocenters. The average molecular weight is 331 g/mol. The van der Waals surface area contributed by atoms with Crippen LogP contribution < -0.4 is 11.1 Å². The zero-order valence-corrected chi connectivity index (χ0v) is 14.7. The lowest BCUT2D eigenvalue weighted by Crippen LogP contribution is -2.42. The van der Waals surface area contributed by atoms with Crippen molar-refractivity contribution in [2.45, 2.75) is 39.2 Å². The maximum atomic E-state index is 12.8. The minimum absolute atomic E-state index is 0.00299. The molecule has 5 heteroatoms. The largest absolute Gasteiger partial charge is 0.368 e. The predicted octanol–water partition coefficient (Wildman–Crippen LogP) is 2.09. The summed E-state index contributed by atoms with van der Waals surface area (Å²) in [5.74, 6) is 0.343. The normalized spacial score (nSPS) is 20.2. The molecule has 0 bridgehead atoms. The predicted molar refractivity (Wildman–Crippen MR) is 95.1 cm³/mol. The van der Waals surface area contributed by atoms with Gasteiger partial charge in [-0.2, -0.15) is 0 Å². The zero-order valence-electron chi connectivity index (χ0n) is 14.7. The third-order valence-electron chi connectivity index (χ3n) is 5.03. The first-order chi connectivity index (χ1) is 11.5. The minimum atomic E-state index is -0.474. The number of nitrogens with zero attached hydrogens (tertiary/aromatic N) is 1. The lowest BCUT2D eigenvalue weighted by Gasteiger charge is -2.32. The van der Waals surface area contributed by atoms with Gasteiger partial charge in [-0.15, -0.1) is 0 Å². The number of amides is 2. The van der Waals surface area contributed by atoms with Gasteiger partial charge >= 0.3 is 0 Å². The Morgan fingerprint density at radius 3 is 2.58 bits per heavy atom. The molecule has 1 aliphatic heterocycles. The Bertz CT molecular complexity index is 541. The van der Waals surface area contributed by atoms with Crippen LogP contribution in [0.2, 0.25) is 0 Å². The van der Waals surface area contributed by atoms with Gasteiger partial charge in [-0.05, 0) is 50.3 Å². The average Bonchev–Trinajstić information content (AvgIpc) is 2.60. The van der Waals surface area contributed by atoms with Crippen molar-refractivity contribution in [1.82, 2.24) is 10.2 Å². The molecule has 24 heavy (non-hydrogen) atoms. The lowest BCUT2D eigenvalue weighted by molar-refractivity contribution is -0.138. The molecule has 0 aromatic heterocycles. The molecular formula is C19H29N3O2. The van der Waals surface area contributed by atoms with Gasteiger partial charge in [0, 0.05) is 6.42 Å². The number of carbonyl (C=O) groups is 2. The van der Waals surface area contributed by atoms with Crippen molar-refractivity contribution in [1.29, 1.82) is 0 Å². The number of carbonyl (C=O) groups excluding carboxylic acids is 2. The maximum Gasteiger partial charge on any atom is 0.237 e. The first-order valence-corrected chi connectivity index (χ1v) is 8.82. The summed E-state index contributed by atoms with van der Waals surface area (Å²) in [5, 5.41) is 3.40. The molecule has 2 unspecified atom stereocenters. The summed E-state index contributed by atoms with van der Waals surface area (Å²) in [6, 6.07) is 9.60. The Kier molecular flexibility index (Phi) is 6.79. The quantitative estimate of drug-likeness (QED) is 0.803.